The highest BCUT2D eigenvalue weighted by atomic mass is 35.5. The first-order chi connectivity index (χ1) is 13.6. The first kappa shape index (κ1) is 18.3. The fourth-order valence-electron chi connectivity index (χ4n) is 2.69. The number of aromatic nitrogens is 1. The number of anilines is 1. The molecule has 0 aliphatic carbocycles. The molecule has 0 saturated carbocycles. The summed E-state index contributed by atoms with van der Waals surface area (Å²) in [7, 11) is 3.15. The number of methoxy groups -OCH3 is 2. The molecule has 0 fully saturated rings. The monoisotopic (exact) mass is 414 g/mol. The number of nitrogens with one attached hydrogen (secondary N) is 1. The summed E-state index contributed by atoms with van der Waals surface area (Å²) >= 11 is 7.23. The lowest BCUT2D eigenvalue weighted by molar-refractivity contribution is 0.0997. The Morgan fingerprint density at radius 2 is 1.89 bits per heavy atom. The maximum Gasteiger partial charge on any atom is 0.293 e. The predicted molar refractivity (Wildman–Crippen MR) is 110 cm³/mol. The number of hydrogen-bond acceptors (Lipinski definition) is 6. The molecule has 0 atom stereocenters. The molecular formula is C20H15ClN2O4S. The van der Waals surface area contributed by atoms with Crippen LogP contribution >= 0.6 is 22.9 Å². The SMILES string of the molecule is COc1cc(OC)c2nc(NC(=O)c3ccc(-c4ccc(Cl)cc4)o3)sc2c1. The Morgan fingerprint density at radius 3 is 2.61 bits per heavy atom. The minimum atomic E-state index is -0.384. The third-order valence-electron chi connectivity index (χ3n) is 4.07. The minimum absolute atomic E-state index is 0.189. The maximum absolute atomic E-state index is 12.6. The molecule has 0 aliphatic rings. The van der Waals surface area contributed by atoms with E-state index in [-0.39, 0.29) is 11.7 Å². The summed E-state index contributed by atoms with van der Waals surface area (Å²) in [6.07, 6.45) is 0. The number of furan rings is 1. The van der Waals surface area contributed by atoms with Gasteiger partial charge < -0.3 is 13.9 Å². The second-order valence-electron chi connectivity index (χ2n) is 5.82. The van der Waals surface area contributed by atoms with Crippen LogP contribution < -0.4 is 14.8 Å². The highest BCUT2D eigenvalue weighted by molar-refractivity contribution is 7.22. The summed E-state index contributed by atoms with van der Waals surface area (Å²) in [4.78, 5) is 17.0. The molecule has 2 heterocycles. The number of carbonyl (C=O) groups is 1. The molecule has 0 bridgehead atoms. The van der Waals surface area contributed by atoms with Gasteiger partial charge >= 0.3 is 0 Å². The van der Waals surface area contributed by atoms with Crippen molar-refractivity contribution in [2.75, 3.05) is 19.5 Å². The second-order valence-corrected chi connectivity index (χ2v) is 7.29. The number of halogens is 1. The summed E-state index contributed by atoms with van der Waals surface area (Å²) in [5.41, 5.74) is 1.49. The smallest absolute Gasteiger partial charge is 0.293 e. The van der Waals surface area contributed by atoms with Crippen LogP contribution in [0.2, 0.25) is 5.02 Å². The largest absolute Gasteiger partial charge is 0.497 e. The van der Waals surface area contributed by atoms with Gasteiger partial charge in [0.05, 0.1) is 18.9 Å². The van der Waals surface area contributed by atoms with E-state index in [1.807, 2.05) is 18.2 Å². The molecule has 28 heavy (non-hydrogen) atoms. The Kier molecular flexibility index (Phi) is 4.93. The molecule has 6 nitrogen and oxygen atoms in total. The topological polar surface area (TPSA) is 73.6 Å². The Labute approximate surface area is 169 Å². The molecule has 0 unspecified atom stereocenters. The standard InChI is InChI=1S/C20H15ClN2O4S/c1-25-13-9-16(26-2)18-17(10-13)28-20(22-18)23-19(24)15-8-7-14(27-15)11-3-5-12(21)6-4-11/h3-10H,1-2H3,(H,22,23,24). The molecule has 0 radical (unpaired) electrons. The predicted octanol–water partition coefficient (Wildman–Crippen LogP) is 5.48. The molecule has 0 saturated heterocycles. The van der Waals surface area contributed by atoms with E-state index in [0.29, 0.717) is 32.9 Å². The van der Waals surface area contributed by atoms with E-state index >= 15 is 0 Å². The van der Waals surface area contributed by atoms with Crippen LogP contribution in [0, 0.1) is 0 Å². The first-order valence-corrected chi connectivity index (χ1v) is 9.46. The summed E-state index contributed by atoms with van der Waals surface area (Å²) in [6.45, 7) is 0. The van der Waals surface area contributed by atoms with Gasteiger partial charge in [-0.25, -0.2) is 4.98 Å². The minimum Gasteiger partial charge on any atom is -0.497 e. The summed E-state index contributed by atoms with van der Waals surface area (Å²) in [5.74, 6) is 1.62. The maximum atomic E-state index is 12.6. The number of rotatable bonds is 5. The van der Waals surface area contributed by atoms with E-state index in [2.05, 4.69) is 10.3 Å². The molecule has 2 aromatic heterocycles. The van der Waals surface area contributed by atoms with Crippen molar-refractivity contribution in [3.8, 4) is 22.8 Å². The Balaban J connectivity index is 1.58. The van der Waals surface area contributed by atoms with Crippen molar-refractivity contribution in [2.24, 2.45) is 0 Å². The lowest BCUT2D eigenvalue weighted by atomic mass is 10.2. The van der Waals surface area contributed by atoms with Crippen LogP contribution in [0.15, 0.2) is 52.9 Å². The average Bonchev–Trinajstić information content (AvgIpc) is 3.34. The fourth-order valence-corrected chi connectivity index (χ4v) is 3.72. The molecule has 1 amide bonds. The van der Waals surface area contributed by atoms with Gasteiger partial charge in [-0.15, -0.1) is 0 Å². The van der Waals surface area contributed by atoms with Crippen LogP contribution in [-0.2, 0) is 0 Å². The van der Waals surface area contributed by atoms with Crippen LogP contribution in [0.4, 0.5) is 5.13 Å². The zero-order chi connectivity index (χ0) is 19.7. The molecule has 142 valence electrons. The number of amides is 1. The van der Waals surface area contributed by atoms with E-state index < -0.39 is 0 Å². The van der Waals surface area contributed by atoms with Gasteiger partial charge in [0.25, 0.3) is 5.91 Å². The van der Waals surface area contributed by atoms with Crippen molar-refractivity contribution >= 4 is 44.2 Å². The van der Waals surface area contributed by atoms with Crippen molar-refractivity contribution in [3.63, 3.8) is 0 Å². The first-order valence-electron chi connectivity index (χ1n) is 8.27. The van der Waals surface area contributed by atoms with Gasteiger partial charge in [-0.3, -0.25) is 10.1 Å². The number of carbonyl (C=O) groups excluding carboxylic acids is 1. The van der Waals surface area contributed by atoms with Crippen LogP contribution in [-0.4, -0.2) is 25.1 Å². The quantitative estimate of drug-likeness (QED) is 0.468. The number of fused-ring (bicyclic) bond motifs is 1. The van der Waals surface area contributed by atoms with E-state index in [1.165, 1.54) is 11.3 Å². The highest BCUT2D eigenvalue weighted by Crippen LogP contribution is 2.36. The Bertz CT molecular complexity index is 1150. The van der Waals surface area contributed by atoms with Gasteiger partial charge in [0, 0.05) is 16.7 Å². The van der Waals surface area contributed by atoms with Crippen molar-refractivity contribution in [1.82, 2.24) is 4.98 Å². The zero-order valence-corrected chi connectivity index (χ0v) is 16.6. The summed E-state index contributed by atoms with van der Waals surface area (Å²) < 4.78 is 17.1. The van der Waals surface area contributed by atoms with Crippen molar-refractivity contribution in [1.29, 1.82) is 0 Å². The number of nitrogens with zero attached hydrogens (tertiary/aromatic N) is 1. The number of thiazole rings is 1. The molecule has 1 N–H and O–H groups in total. The molecular weight excluding hydrogens is 400 g/mol. The Hall–Kier alpha value is -3.03. The van der Waals surface area contributed by atoms with Crippen LogP contribution in [0.25, 0.3) is 21.5 Å². The van der Waals surface area contributed by atoms with Gasteiger partial charge in [0.1, 0.15) is 22.8 Å². The molecule has 2 aromatic carbocycles. The number of ether oxygens (including phenoxy) is 2. The summed E-state index contributed by atoms with van der Waals surface area (Å²) in [6, 6.07) is 14.1. The molecule has 8 heteroatoms. The van der Waals surface area contributed by atoms with Gasteiger partial charge in [0.2, 0.25) is 0 Å². The van der Waals surface area contributed by atoms with Gasteiger partial charge in [0.15, 0.2) is 10.9 Å². The highest BCUT2D eigenvalue weighted by Gasteiger charge is 2.17. The van der Waals surface area contributed by atoms with Crippen LogP contribution in [0.3, 0.4) is 0 Å². The van der Waals surface area contributed by atoms with Gasteiger partial charge in [-0.1, -0.05) is 22.9 Å². The summed E-state index contributed by atoms with van der Waals surface area (Å²) in [5, 5.41) is 3.84. The lowest BCUT2D eigenvalue weighted by Crippen LogP contribution is -2.10. The molecule has 0 aliphatic heterocycles. The van der Waals surface area contributed by atoms with Crippen LogP contribution in [0.5, 0.6) is 11.5 Å². The number of hydrogen-bond donors (Lipinski definition) is 1. The molecule has 0 spiro atoms. The normalized spacial score (nSPS) is 10.8. The van der Waals surface area contributed by atoms with E-state index in [4.69, 9.17) is 25.5 Å². The van der Waals surface area contributed by atoms with E-state index in [1.54, 1.807) is 44.6 Å². The third-order valence-corrected chi connectivity index (χ3v) is 5.24. The molecule has 4 rings (SSSR count). The van der Waals surface area contributed by atoms with E-state index in [0.717, 1.165) is 10.3 Å². The third kappa shape index (κ3) is 3.54. The van der Waals surface area contributed by atoms with Gasteiger partial charge in [-0.2, -0.15) is 0 Å². The Morgan fingerprint density at radius 1 is 1.11 bits per heavy atom. The fraction of sp³-hybridized carbons (Fsp3) is 0.100. The zero-order valence-electron chi connectivity index (χ0n) is 15.0. The second kappa shape index (κ2) is 7.53. The van der Waals surface area contributed by atoms with Crippen molar-refractivity contribution in [2.45, 2.75) is 0 Å². The average molecular weight is 415 g/mol. The van der Waals surface area contributed by atoms with Crippen molar-refractivity contribution in [3.05, 3.63) is 59.3 Å². The van der Waals surface area contributed by atoms with Gasteiger partial charge in [-0.05, 0) is 42.5 Å². The lowest BCUT2D eigenvalue weighted by Gasteiger charge is -2.03. The molecule has 4 aromatic rings. The van der Waals surface area contributed by atoms with Crippen LogP contribution in [0.1, 0.15) is 10.6 Å². The number of benzene rings is 2. The van der Waals surface area contributed by atoms with Crippen molar-refractivity contribution < 1.29 is 18.7 Å². The van der Waals surface area contributed by atoms with E-state index in [9.17, 15) is 4.79 Å².